The van der Waals surface area contributed by atoms with Crippen LogP contribution in [0.4, 0.5) is 0 Å². The van der Waals surface area contributed by atoms with E-state index in [-0.39, 0.29) is 11.8 Å². The van der Waals surface area contributed by atoms with Gasteiger partial charge in [0.1, 0.15) is 0 Å². The molecule has 110 valence electrons. The molecular formula is C14H22N4O2. The summed E-state index contributed by atoms with van der Waals surface area (Å²) in [5.41, 5.74) is 1.09. The maximum absolute atomic E-state index is 12.1. The first-order valence-corrected chi connectivity index (χ1v) is 7.04. The quantitative estimate of drug-likeness (QED) is 0.844. The van der Waals surface area contributed by atoms with Gasteiger partial charge in [0.05, 0.1) is 6.20 Å². The van der Waals surface area contributed by atoms with Crippen molar-refractivity contribution in [3.8, 4) is 0 Å². The zero-order chi connectivity index (χ0) is 14.5. The van der Waals surface area contributed by atoms with Gasteiger partial charge in [0.25, 0.3) is 0 Å². The largest absolute Gasteiger partial charge is 0.359 e. The van der Waals surface area contributed by atoms with E-state index >= 15 is 0 Å². The van der Waals surface area contributed by atoms with Gasteiger partial charge in [0.15, 0.2) is 0 Å². The molecule has 2 rings (SSSR count). The van der Waals surface area contributed by atoms with E-state index in [2.05, 4.69) is 10.4 Å². The molecule has 6 heteroatoms. The number of hydrogen-bond acceptors (Lipinski definition) is 3. The third kappa shape index (κ3) is 3.82. The second kappa shape index (κ2) is 6.54. The third-order valence-corrected chi connectivity index (χ3v) is 3.78. The fraction of sp³-hybridized carbons (Fsp3) is 0.643. The predicted molar refractivity (Wildman–Crippen MR) is 74.9 cm³/mol. The lowest BCUT2D eigenvalue weighted by Gasteiger charge is -2.16. The van der Waals surface area contributed by atoms with Gasteiger partial charge in [-0.1, -0.05) is 0 Å². The lowest BCUT2D eigenvalue weighted by molar-refractivity contribution is -0.130. The highest BCUT2D eigenvalue weighted by Gasteiger charge is 2.27. The van der Waals surface area contributed by atoms with Crippen LogP contribution in [0.25, 0.3) is 0 Å². The first-order chi connectivity index (χ1) is 9.58. The maximum Gasteiger partial charge on any atom is 0.222 e. The van der Waals surface area contributed by atoms with Gasteiger partial charge in [-0.25, -0.2) is 0 Å². The van der Waals surface area contributed by atoms with Crippen molar-refractivity contribution in [2.45, 2.75) is 25.7 Å². The molecule has 1 aliphatic rings. The molecule has 1 atom stereocenters. The summed E-state index contributed by atoms with van der Waals surface area (Å²) < 4.78 is 1.75. The summed E-state index contributed by atoms with van der Waals surface area (Å²) >= 11 is 0. The molecule has 0 saturated carbocycles. The molecule has 1 aromatic heterocycles. The van der Waals surface area contributed by atoms with Crippen LogP contribution in [0.1, 0.15) is 24.8 Å². The average molecular weight is 278 g/mol. The fourth-order valence-electron chi connectivity index (χ4n) is 2.60. The molecule has 0 spiro atoms. The van der Waals surface area contributed by atoms with Crippen molar-refractivity contribution in [1.29, 1.82) is 0 Å². The predicted octanol–water partition coefficient (Wildman–Crippen LogP) is 0.337. The number of hydrogen-bond donors (Lipinski definition) is 1. The number of aryl methyl sites for hydroxylation is 2. The summed E-state index contributed by atoms with van der Waals surface area (Å²) in [4.78, 5) is 25.3. The van der Waals surface area contributed by atoms with Crippen molar-refractivity contribution in [2.75, 3.05) is 20.1 Å². The summed E-state index contributed by atoms with van der Waals surface area (Å²) in [7, 11) is 3.52. The summed E-state index contributed by atoms with van der Waals surface area (Å²) in [5, 5.41) is 6.73. The fourth-order valence-corrected chi connectivity index (χ4v) is 2.60. The van der Waals surface area contributed by atoms with Crippen LogP contribution in [-0.2, 0) is 23.1 Å². The molecule has 1 fully saturated rings. The molecule has 20 heavy (non-hydrogen) atoms. The van der Waals surface area contributed by atoms with E-state index in [1.807, 2.05) is 18.1 Å². The zero-order valence-electron chi connectivity index (χ0n) is 12.1. The molecule has 6 nitrogen and oxygen atoms in total. The minimum absolute atomic E-state index is 0.0552. The molecule has 2 amide bonds. The molecular weight excluding hydrogens is 256 g/mol. The summed E-state index contributed by atoms with van der Waals surface area (Å²) in [5.74, 6) is 0.533. The highest BCUT2D eigenvalue weighted by Crippen LogP contribution is 2.20. The average Bonchev–Trinajstić information content (AvgIpc) is 3.05. The topological polar surface area (TPSA) is 67.2 Å². The van der Waals surface area contributed by atoms with Gasteiger partial charge in [0.2, 0.25) is 11.8 Å². The van der Waals surface area contributed by atoms with Gasteiger partial charge < -0.3 is 10.2 Å². The number of carbonyl (C=O) groups is 2. The molecule has 0 aromatic carbocycles. The van der Waals surface area contributed by atoms with Gasteiger partial charge in [-0.15, -0.1) is 0 Å². The first kappa shape index (κ1) is 14.6. The van der Waals surface area contributed by atoms with Gasteiger partial charge >= 0.3 is 0 Å². The normalized spacial score (nSPS) is 18.3. The van der Waals surface area contributed by atoms with Gasteiger partial charge in [-0.2, -0.15) is 5.10 Å². The molecule has 2 heterocycles. The van der Waals surface area contributed by atoms with Crippen LogP contribution in [0, 0.1) is 5.92 Å². The van der Waals surface area contributed by atoms with Gasteiger partial charge in [-0.3, -0.25) is 14.3 Å². The number of carbonyl (C=O) groups excluding carboxylic acids is 2. The van der Waals surface area contributed by atoms with E-state index in [4.69, 9.17) is 0 Å². The van der Waals surface area contributed by atoms with E-state index in [9.17, 15) is 9.59 Å². The lowest BCUT2D eigenvalue weighted by atomic mass is 10.0. The Morgan fingerprint density at radius 3 is 2.95 bits per heavy atom. The van der Waals surface area contributed by atoms with E-state index < -0.39 is 0 Å². The van der Waals surface area contributed by atoms with Gasteiger partial charge in [0, 0.05) is 46.2 Å². The third-order valence-electron chi connectivity index (χ3n) is 3.78. The molecule has 0 aliphatic carbocycles. The smallest absolute Gasteiger partial charge is 0.222 e. The Morgan fingerprint density at radius 1 is 1.50 bits per heavy atom. The second-order valence-corrected chi connectivity index (χ2v) is 5.39. The van der Waals surface area contributed by atoms with Crippen molar-refractivity contribution < 1.29 is 9.59 Å². The van der Waals surface area contributed by atoms with E-state index in [0.717, 1.165) is 24.9 Å². The standard InChI is InChI=1S/C14H22N4O2/c1-15-13(19)7-11-5-6-18(10-11)14(20)4-3-12-8-16-17(2)9-12/h8-9,11H,3-7,10H2,1-2H3,(H,15,19). The highest BCUT2D eigenvalue weighted by molar-refractivity contribution is 5.78. The second-order valence-electron chi connectivity index (χ2n) is 5.39. The Labute approximate surface area is 119 Å². The molecule has 0 bridgehead atoms. The number of nitrogens with zero attached hydrogens (tertiary/aromatic N) is 3. The molecule has 1 unspecified atom stereocenters. The maximum atomic E-state index is 12.1. The number of rotatable bonds is 5. The monoisotopic (exact) mass is 278 g/mol. The summed E-state index contributed by atoms with van der Waals surface area (Å²) in [6.45, 7) is 1.48. The van der Waals surface area contributed by atoms with Crippen molar-refractivity contribution >= 4 is 11.8 Å². The van der Waals surface area contributed by atoms with Crippen LogP contribution < -0.4 is 5.32 Å². The number of amides is 2. The highest BCUT2D eigenvalue weighted by atomic mass is 16.2. The number of likely N-dealkylation sites (tertiary alicyclic amines) is 1. The minimum atomic E-state index is 0.0552. The lowest BCUT2D eigenvalue weighted by Crippen LogP contribution is -2.29. The SMILES string of the molecule is CNC(=O)CC1CCN(C(=O)CCc2cnn(C)c2)C1. The van der Waals surface area contributed by atoms with Crippen molar-refractivity contribution in [2.24, 2.45) is 13.0 Å². The molecule has 1 N–H and O–H groups in total. The van der Waals surface area contributed by atoms with Crippen LogP contribution in [0.3, 0.4) is 0 Å². The van der Waals surface area contributed by atoms with E-state index in [0.29, 0.717) is 25.3 Å². The first-order valence-electron chi connectivity index (χ1n) is 7.04. The Morgan fingerprint density at radius 2 is 2.30 bits per heavy atom. The Hall–Kier alpha value is -1.85. The zero-order valence-corrected chi connectivity index (χ0v) is 12.1. The summed E-state index contributed by atoms with van der Waals surface area (Å²) in [6, 6.07) is 0. The Balaban J connectivity index is 1.75. The van der Waals surface area contributed by atoms with Crippen LogP contribution in [0.2, 0.25) is 0 Å². The molecule has 1 saturated heterocycles. The van der Waals surface area contributed by atoms with E-state index in [1.54, 1.807) is 17.9 Å². The van der Waals surface area contributed by atoms with Crippen LogP contribution in [0.5, 0.6) is 0 Å². The van der Waals surface area contributed by atoms with E-state index in [1.165, 1.54) is 0 Å². The van der Waals surface area contributed by atoms with Crippen LogP contribution in [-0.4, -0.2) is 46.6 Å². The van der Waals surface area contributed by atoms with Crippen molar-refractivity contribution in [3.05, 3.63) is 18.0 Å². The molecule has 1 aliphatic heterocycles. The van der Waals surface area contributed by atoms with Crippen molar-refractivity contribution in [1.82, 2.24) is 20.0 Å². The Bertz CT molecular complexity index is 483. The minimum Gasteiger partial charge on any atom is -0.359 e. The molecule has 1 aromatic rings. The number of nitrogens with one attached hydrogen (secondary N) is 1. The van der Waals surface area contributed by atoms with Crippen LogP contribution in [0.15, 0.2) is 12.4 Å². The Kier molecular flexibility index (Phi) is 4.76. The van der Waals surface area contributed by atoms with Crippen LogP contribution >= 0.6 is 0 Å². The molecule has 0 radical (unpaired) electrons. The summed E-state index contributed by atoms with van der Waals surface area (Å²) in [6.07, 6.45) is 6.41. The van der Waals surface area contributed by atoms with Crippen molar-refractivity contribution in [3.63, 3.8) is 0 Å². The number of aromatic nitrogens is 2. The van der Waals surface area contributed by atoms with Gasteiger partial charge in [-0.05, 0) is 24.3 Å².